The number of piperidine rings is 1. The number of benzene rings is 1. The number of hydrogen-bond acceptors (Lipinski definition) is 8. The molecule has 29 heavy (non-hydrogen) atoms. The molecule has 1 atom stereocenters. The van der Waals surface area contributed by atoms with Crippen LogP contribution >= 0.6 is 11.3 Å². The van der Waals surface area contributed by atoms with Gasteiger partial charge in [0.2, 0.25) is 16.8 Å². The zero-order valence-corrected chi connectivity index (χ0v) is 17.3. The van der Waals surface area contributed by atoms with E-state index in [2.05, 4.69) is 4.74 Å². The summed E-state index contributed by atoms with van der Waals surface area (Å²) in [6.45, 7) is 0.474. The first-order valence-electron chi connectivity index (χ1n) is 9.01. The summed E-state index contributed by atoms with van der Waals surface area (Å²) < 4.78 is 42.8. The number of Topliss-reactive ketones (excluding diaryl/α,β-unsaturated/α-hetero) is 1. The second-order valence-electron chi connectivity index (χ2n) is 6.74. The van der Waals surface area contributed by atoms with Crippen molar-refractivity contribution in [3.63, 3.8) is 0 Å². The van der Waals surface area contributed by atoms with Gasteiger partial charge in [-0.05, 0) is 42.5 Å². The first-order chi connectivity index (χ1) is 13.9. The number of rotatable bonds is 5. The summed E-state index contributed by atoms with van der Waals surface area (Å²) in [6, 6.07) is 6.38. The van der Waals surface area contributed by atoms with Crippen LogP contribution in [0.4, 0.5) is 0 Å². The molecule has 0 amide bonds. The molecule has 4 rings (SSSR count). The second kappa shape index (κ2) is 7.77. The lowest BCUT2D eigenvalue weighted by Gasteiger charge is -2.31. The number of ether oxygens (including phenoxy) is 3. The maximum absolute atomic E-state index is 13.1. The second-order valence-corrected chi connectivity index (χ2v) is 9.56. The molecule has 1 aromatic heterocycles. The van der Waals surface area contributed by atoms with Crippen LogP contribution in [0, 0.1) is 5.92 Å². The third-order valence-electron chi connectivity index (χ3n) is 5.03. The van der Waals surface area contributed by atoms with E-state index in [0.717, 1.165) is 11.3 Å². The molecule has 8 nitrogen and oxygen atoms in total. The number of sulfonamides is 1. The van der Waals surface area contributed by atoms with E-state index in [9.17, 15) is 18.0 Å². The minimum atomic E-state index is -3.92. The smallest absolute Gasteiger partial charge is 0.349 e. The fraction of sp³-hybridized carbons (Fsp3) is 0.368. The predicted molar refractivity (Wildman–Crippen MR) is 104 cm³/mol. The Kier molecular flexibility index (Phi) is 5.32. The van der Waals surface area contributed by atoms with Crippen molar-refractivity contribution in [1.29, 1.82) is 0 Å². The molecular formula is C19H19NO7S2. The van der Waals surface area contributed by atoms with Gasteiger partial charge in [0.05, 0.1) is 7.11 Å². The van der Waals surface area contributed by atoms with Crippen LogP contribution in [-0.4, -0.2) is 51.5 Å². The van der Waals surface area contributed by atoms with E-state index >= 15 is 0 Å². The van der Waals surface area contributed by atoms with Crippen LogP contribution in [0.15, 0.2) is 34.5 Å². The number of thiophene rings is 1. The number of ketones is 1. The van der Waals surface area contributed by atoms with E-state index in [4.69, 9.17) is 9.47 Å². The molecule has 10 heteroatoms. The van der Waals surface area contributed by atoms with Gasteiger partial charge in [0.25, 0.3) is 0 Å². The largest absolute Gasteiger partial charge is 0.465 e. The normalized spacial score (nSPS) is 19.1. The van der Waals surface area contributed by atoms with Crippen molar-refractivity contribution in [3.05, 3.63) is 40.1 Å². The van der Waals surface area contributed by atoms with Gasteiger partial charge in [0.15, 0.2) is 17.3 Å². The Morgan fingerprint density at radius 1 is 1.21 bits per heavy atom. The summed E-state index contributed by atoms with van der Waals surface area (Å²) in [7, 11) is -2.71. The maximum Gasteiger partial charge on any atom is 0.349 e. The zero-order chi connectivity index (χ0) is 20.6. The van der Waals surface area contributed by atoms with Crippen molar-refractivity contribution in [2.75, 3.05) is 27.0 Å². The van der Waals surface area contributed by atoms with E-state index in [1.165, 1.54) is 17.5 Å². The summed E-state index contributed by atoms with van der Waals surface area (Å²) in [5.41, 5.74) is 0.462. The minimum absolute atomic E-state index is 0.0386. The molecule has 1 aromatic carbocycles. The number of carbonyl (C=O) groups is 2. The number of carbonyl (C=O) groups excluding carboxylic acids is 2. The number of hydrogen-bond donors (Lipinski definition) is 0. The highest BCUT2D eigenvalue weighted by molar-refractivity contribution is 7.89. The summed E-state index contributed by atoms with van der Waals surface area (Å²) >= 11 is 1.02. The molecule has 0 radical (unpaired) electrons. The van der Waals surface area contributed by atoms with Crippen LogP contribution in [0.2, 0.25) is 0 Å². The monoisotopic (exact) mass is 437 g/mol. The van der Waals surface area contributed by atoms with Gasteiger partial charge in [-0.25, -0.2) is 13.2 Å². The molecule has 0 N–H and O–H groups in total. The van der Waals surface area contributed by atoms with Crippen LogP contribution in [0.5, 0.6) is 11.5 Å². The molecule has 0 bridgehead atoms. The summed E-state index contributed by atoms with van der Waals surface area (Å²) in [5, 5.41) is 1.54. The van der Waals surface area contributed by atoms with Gasteiger partial charge in [-0.15, -0.1) is 11.3 Å². The molecule has 0 aliphatic carbocycles. The Morgan fingerprint density at radius 3 is 2.79 bits per heavy atom. The quantitative estimate of drug-likeness (QED) is 0.524. The van der Waals surface area contributed by atoms with Crippen molar-refractivity contribution in [1.82, 2.24) is 4.31 Å². The molecule has 3 heterocycles. The highest BCUT2D eigenvalue weighted by Crippen LogP contribution is 2.35. The molecule has 1 fully saturated rings. The predicted octanol–water partition coefficient (Wildman–Crippen LogP) is 2.55. The SMILES string of the molecule is COC(=O)c1sccc1S(=O)(=O)N1CCCC(C(=O)c2ccc3c(c2)OCO3)C1. The molecular weight excluding hydrogens is 418 g/mol. The first kappa shape index (κ1) is 19.9. The van der Waals surface area contributed by atoms with Crippen molar-refractivity contribution in [3.8, 4) is 11.5 Å². The van der Waals surface area contributed by atoms with Gasteiger partial charge in [-0.2, -0.15) is 4.31 Å². The molecule has 154 valence electrons. The van der Waals surface area contributed by atoms with Crippen molar-refractivity contribution in [2.24, 2.45) is 5.92 Å². The first-order valence-corrected chi connectivity index (χ1v) is 11.3. The number of nitrogens with zero attached hydrogens (tertiary/aromatic N) is 1. The van der Waals surface area contributed by atoms with E-state index in [1.54, 1.807) is 23.6 Å². The number of esters is 1. The highest BCUT2D eigenvalue weighted by Gasteiger charge is 2.36. The molecule has 0 spiro atoms. The van der Waals surface area contributed by atoms with E-state index in [1.807, 2.05) is 0 Å². The van der Waals surface area contributed by atoms with Crippen LogP contribution in [-0.2, 0) is 14.8 Å². The van der Waals surface area contributed by atoms with Gasteiger partial charge < -0.3 is 14.2 Å². The van der Waals surface area contributed by atoms with Gasteiger partial charge in [-0.3, -0.25) is 4.79 Å². The molecule has 2 aliphatic rings. The molecule has 1 saturated heterocycles. The summed E-state index contributed by atoms with van der Waals surface area (Å²) in [4.78, 5) is 24.9. The molecule has 0 saturated carbocycles. The molecule has 1 unspecified atom stereocenters. The number of methoxy groups -OCH3 is 1. The topological polar surface area (TPSA) is 99.2 Å². The van der Waals surface area contributed by atoms with Crippen LogP contribution in [0.3, 0.4) is 0 Å². The lowest BCUT2D eigenvalue weighted by atomic mass is 9.91. The minimum Gasteiger partial charge on any atom is -0.465 e. The van der Waals surface area contributed by atoms with Gasteiger partial charge >= 0.3 is 5.97 Å². The van der Waals surface area contributed by atoms with Gasteiger partial charge in [-0.1, -0.05) is 0 Å². The standard InChI is InChI=1S/C19H19NO7S2/c1-25-19(22)18-16(6-8-28-18)29(23,24)20-7-2-3-13(10-20)17(21)12-4-5-14-15(9-12)27-11-26-14/h4-6,8-9,13H,2-3,7,10-11H2,1H3. The Morgan fingerprint density at radius 2 is 2.00 bits per heavy atom. The van der Waals surface area contributed by atoms with Crippen LogP contribution < -0.4 is 9.47 Å². The van der Waals surface area contributed by atoms with Gasteiger partial charge in [0.1, 0.15) is 9.77 Å². The number of fused-ring (bicyclic) bond motifs is 1. The summed E-state index contributed by atoms with van der Waals surface area (Å²) in [6.07, 6.45) is 1.14. The Balaban J connectivity index is 1.56. The average molecular weight is 437 g/mol. The Hall–Kier alpha value is -2.43. The van der Waals surface area contributed by atoms with Crippen molar-refractivity contribution >= 4 is 33.1 Å². The zero-order valence-electron chi connectivity index (χ0n) is 15.6. The Bertz CT molecular complexity index is 1060. The molecule has 2 aliphatic heterocycles. The molecule has 2 aromatic rings. The third kappa shape index (κ3) is 3.63. The van der Waals surface area contributed by atoms with Crippen LogP contribution in [0.1, 0.15) is 32.9 Å². The van der Waals surface area contributed by atoms with E-state index < -0.39 is 21.9 Å². The van der Waals surface area contributed by atoms with Crippen LogP contribution in [0.25, 0.3) is 0 Å². The fourth-order valence-corrected chi connectivity index (χ4v) is 6.37. The Labute approximate surface area is 172 Å². The van der Waals surface area contributed by atoms with Crippen molar-refractivity contribution in [2.45, 2.75) is 17.7 Å². The van der Waals surface area contributed by atoms with E-state index in [0.29, 0.717) is 36.4 Å². The summed E-state index contributed by atoms with van der Waals surface area (Å²) in [5.74, 6) is -0.205. The maximum atomic E-state index is 13.1. The van der Waals surface area contributed by atoms with E-state index in [-0.39, 0.29) is 28.9 Å². The van der Waals surface area contributed by atoms with Gasteiger partial charge in [0, 0.05) is 24.6 Å². The lowest BCUT2D eigenvalue weighted by Crippen LogP contribution is -2.42. The fourth-order valence-electron chi connectivity index (χ4n) is 3.54. The van der Waals surface area contributed by atoms with Crippen molar-refractivity contribution < 1.29 is 32.2 Å². The average Bonchev–Trinajstić information content (AvgIpc) is 3.42. The lowest BCUT2D eigenvalue weighted by molar-refractivity contribution is 0.0601. The third-order valence-corrected chi connectivity index (χ3v) is 7.96. The highest BCUT2D eigenvalue weighted by atomic mass is 32.2.